The summed E-state index contributed by atoms with van der Waals surface area (Å²) in [5.74, 6) is 1.27. The minimum atomic E-state index is 1.27. The first-order valence-corrected chi connectivity index (χ1v) is 9.69. The lowest BCUT2D eigenvalue weighted by atomic mass is 10.0. The monoisotopic (exact) mass is 287 g/mol. The molecule has 0 aromatic carbocycles. The van der Waals surface area contributed by atoms with Crippen molar-refractivity contribution in [1.29, 1.82) is 0 Å². The number of rotatable bonds is 16. The van der Waals surface area contributed by atoms with Crippen molar-refractivity contribution in [2.75, 3.05) is 12.8 Å². The zero-order chi connectivity index (χ0) is 14.0. The van der Waals surface area contributed by atoms with Crippen LogP contribution in [0.1, 0.15) is 96.8 Å². The molecule has 116 valence electrons. The van der Waals surface area contributed by atoms with Crippen molar-refractivity contribution in [2.45, 2.75) is 96.8 Å². The molecule has 0 aromatic rings. The molecule has 0 bridgehead atoms. The van der Waals surface area contributed by atoms with Crippen LogP contribution < -0.4 is 4.72 Å². The van der Waals surface area contributed by atoms with E-state index in [2.05, 4.69) is 11.6 Å². The Kier molecular flexibility index (Phi) is 18.6. The SMILES string of the molecule is CCCCCCCCCCCCCCCCSNC. The summed E-state index contributed by atoms with van der Waals surface area (Å²) in [5, 5.41) is 0. The molecule has 0 fully saturated rings. The second-order valence-electron chi connectivity index (χ2n) is 5.65. The van der Waals surface area contributed by atoms with Gasteiger partial charge in [-0.15, -0.1) is 0 Å². The van der Waals surface area contributed by atoms with Gasteiger partial charge in [-0.25, -0.2) is 0 Å². The predicted octanol–water partition coefficient (Wildman–Crippen LogP) is 6.34. The van der Waals surface area contributed by atoms with Crippen LogP contribution in [-0.2, 0) is 0 Å². The first-order valence-electron chi connectivity index (χ1n) is 8.70. The Morgan fingerprint density at radius 2 is 0.947 bits per heavy atom. The van der Waals surface area contributed by atoms with Crippen molar-refractivity contribution in [3.63, 3.8) is 0 Å². The summed E-state index contributed by atoms with van der Waals surface area (Å²) in [6.07, 6.45) is 20.3. The Labute approximate surface area is 126 Å². The molecule has 0 aliphatic heterocycles. The number of unbranched alkanes of at least 4 members (excludes halogenated alkanes) is 13. The third kappa shape index (κ3) is 18.3. The molecule has 0 spiro atoms. The van der Waals surface area contributed by atoms with E-state index in [4.69, 9.17) is 0 Å². The highest BCUT2D eigenvalue weighted by molar-refractivity contribution is 7.97. The highest BCUT2D eigenvalue weighted by Gasteiger charge is 1.94. The largest absolute Gasteiger partial charge is 0.267 e. The van der Waals surface area contributed by atoms with E-state index in [-0.39, 0.29) is 0 Å². The summed E-state index contributed by atoms with van der Waals surface area (Å²) in [5.41, 5.74) is 0. The molecule has 0 saturated carbocycles. The van der Waals surface area contributed by atoms with Crippen LogP contribution in [0.15, 0.2) is 0 Å². The van der Waals surface area contributed by atoms with Crippen molar-refractivity contribution in [3.8, 4) is 0 Å². The van der Waals surface area contributed by atoms with Gasteiger partial charge >= 0.3 is 0 Å². The molecule has 2 heteroatoms. The van der Waals surface area contributed by atoms with Crippen LogP contribution in [-0.4, -0.2) is 12.8 Å². The van der Waals surface area contributed by atoms with Crippen molar-refractivity contribution >= 4 is 11.9 Å². The maximum absolute atomic E-state index is 3.13. The van der Waals surface area contributed by atoms with Gasteiger partial charge in [-0.1, -0.05) is 102 Å². The van der Waals surface area contributed by atoms with E-state index in [9.17, 15) is 0 Å². The first-order chi connectivity index (χ1) is 9.41. The van der Waals surface area contributed by atoms with E-state index in [1.807, 2.05) is 19.0 Å². The third-order valence-corrected chi connectivity index (χ3v) is 4.53. The molecular weight excluding hydrogens is 250 g/mol. The Hall–Kier alpha value is 0.310. The van der Waals surface area contributed by atoms with Gasteiger partial charge in [0.05, 0.1) is 0 Å². The zero-order valence-electron chi connectivity index (χ0n) is 13.5. The van der Waals surface area contributed by atoms with Gasteiger partial charge in [0.15, 0.2) is 0 Å². The Morgan fingerprint density at radius 1 is 0.579 bits per heavy atom. The molecular formula is C17H37NS. The molecule has 0 heterocycles. The number of hydrogen-bond donors (Lipinski definition) is 1. The summed E-state index contributed by atoms with van der Waals surface area (Å²) >= 11 is 1.84. The fourth-order valence-electron chi connectivity index (χ4n) is 2.47. The van der Waals surface area contributed by atoms with E-state index < -0.39 is 0 Å². The van der Waals surface area contributed by atoms with E-state index in [0.717, 1.165) is 0 Å². The van der Waals surface area contributed by atoms with Gasteiger partial charge < -0.3 is 0 Å². The van der Waals surface area contributed by atoms with Gasteiger partial charge in [-0.2, -0.15) is 0 Å². The van der Waals surface area contributed by atoms with Crippen LogP contribution in [0, 0.1) is 0 Å². The van der Waals surface area contributed by atoms with Crippen LogP contribution in [0.3, 0.4) is 0 Å². The molecule has 0 rings (SSSR count). The minimum absolute atomic E-state index is 1.27. The molecule has 0 aliphatic rings. The number of hydrogen-bond acceptors (Lipinski definition) is 2. The third-order valence-electron chi connectivity index (χ3n) is 3.74. The Balaban J connectivity index is 2.88. The van der Waals surface area contributed by atoms with Crippen molar-refractivity contribution in [2.24, 2.45) is 0 Å². The Morgan fingerprint density at radius 3 is 1.32 bits per heavy atom. The molecule has 0 saturated heterocycles. The number of nitrogens with one attached hydrogen (secondary N) is 1. The smallest absolute Gasteiger partial charge is 0.00785 e. The molecule has 0 aliphatic carbocycles. The van der Waals surface area contributed by atoms with E-state index in [1.165, 1.54) is 95.6 Å². The summed E-state index contributed by atoms with van der Waals surface area (Å²) in [6, 6.07) is 0. The van der Waals surface area contributed by atoms with Gasteiger partial charge in [0.2, 0.25) is 0 Å². The molecule has 1 N–H and O–H groups in total. The minimum Gasteiger partial charge on any atom is -0.267 e. The molecule has 1 nitrogen and oxygen atoms in total. The van der Waals surface area contributed by atoms with Crippen molar-refractivity contribution in [1.82, 2.24) is 4.72 Å². The highest BCUT2D eigenvalue weighted by Crippen LogP contribution is 2.13. The summed E-state index contributed by atoms with van der Waals surface area (Å²) in [7, 11) is 2.01. The molecule has 0 atom stereocenters. The van der Waals surface area contributed by atoms with Crippen LogP contribution >= 0.6 is 11.9 Å². The standard InChI is InChI=1S/C17H37NS/c1-3-4-5-6-7-8-9-10-11-12-13-14-15-16-17-19-18-2/h18H,3-17H2,1-2H3. The van der Waals surface area contributed by atoms with E-state index in [0.29, 0.717) is 0 Å². The lowest BCUT2D eigenvalue weighted by molar-refractivity contribution is 0.538. The highest BCUT2D eigenvalue weighted by atomic mass is 32.2. The fraction of sp³-hybridized carbons (Fsp3) is 1.00. The van der Waals surface area contributed by atoms with Crippen LogP contribution in [0.2, 0.25) is 0 Å². The van der Waals surface area contributed by atoms with Gasteiger partial charge in [0.25, 0.3) is 0 Å². The zero-order valence-corrected chi connectivity index (χ0v) is 14.3. The average Bonchev–Trinajstić information content (AvgIpc) is 2.43. The second kappa shape index (κ2) is 18.3. The van der Waals surface area contributed by atoms with Crippen molar-refractivity contribution in [3.05, 3.63) is 0 Å². The predicted molar refractivity (Wildman–Crippen MR) is 91.8 cm³/mol. The lowest BCUT2D eigenvalue weighted by Gasteiger charge is -2.03. The van der Waals surface area contributed by atoms with Gasteiger partial charge in [0, 0.05) is 5.75 Å². The first kappa shape index (κ1) is 19.3. The van der Waals surface area contributed by atoms with Gasteiger partial charge in [-0.3, -0.25) is 4.72 Å². The van der Waals surface area contributed by atoms with Crippen molar-refractivity contribution < 1.29 is 0 Å². The van der Waals surface area contributed by atoms with Gasteiger partial charge in [0.1, 0.15) is 0 Å². The maximum Gasteiger partial charge on any atom is 0.00785 e. The Bertz CT molecular complexity index is 134. The van der Waals surface area contributed by atoms with E-state index in [1.54, 1.807) is 0 Å². The quantitative estimate of drug-likeness (QED) is 0.263. The topological polar surface area (TPSA) is 12.0 Å². The normalized spacial score (nSPS) is 11.1. The van der Waals surface area contributed by atoms with E-state index >= 15 is 0 Å². The maximum atomic E-state index is 3.13. The molecule has 0 amide bonds. The average molecular weight is 288 g/mol. The molecule has 0 aromatic heterocycles. The summed E-state index contributed by atoms with van der Waals surface area (Å²) in [4.78, 5) is 0. The van der Waals surface area contributed by atoms with Crippen LogP contribution in [0.25, 0.3) is 0 Å². The van der Waals surface area contributed by atoms with Crippen LogP contribution in [0.4, 0.5) is 0 Å². The second-order valence-corrected chi connectivity index (χ2v) is 6.75. The molecule has 19 heavy (non-hydrogen) atoms. The summed E-state index contributed by atoms with van der Waals surface area (Å²) < 4.78 is 3.13. The lowest BCUT2D eigenvalue weighted by Crippen LogP contribution is -1.93. The van der Waals surface area contributed by atoms with Crippen LogP contribution in [0.5, 0.6) is 0 Å². The van der Waals surface area contributed by atoms with Gasteiger partial charge in [-0.05, 0) is 13.5 Å². The molecule has 0 unspecified atom stereocenters. The summed E-state index contributed by atoms with van der Waals surface area (Å²) in [6.45, 7) is 2.29. The fourth-order valence-corrected chi connectivity index (χ4v) is 3.02. The molecule has 0 radical (unpaired) electrons.